The highest BCUT2D eigenvalue weighted by molar-refractivity contribution is 5.32. The predicted octanol–water partition coefficient (Wildman–Crippen LogP) is 2.52. The molecular weight excluding hydrogens is 234 g/mol. The summed E-state index contributed by atoms with van der Waals surface area (Å²) in [5, 5.41) is 2.28. The van der Waals surface area contributed by atoms with Crippen LogP contribution in [0.15, 0.2) is 67.3 Å². The number of para-hydroxylation sites is 1. The van der Waals surface area contributed by atoms with Gasteiger partial charge in [0.1, 0.15) is 25.4 Å². The number of ether oxygens (including phenoxy) is 1. The van der Waals surface area contributed by atoms with E-state index >= 15 is 0 Å². The van der Waals surface area contributed by atoms with Crippen LogP contribution in [0, 0.1) is 0 Å². The molecule has 0 bridgehead atoms. The highest BCUT2D eigenvalue weighted by atomic mass is 16.5. The molecule has 0 saturated heterocycles. The van der Waals surface area contributed by atoms with Gasteiger partial charge < -0.3 is 10.1 Å². The van der Waals surface area contributed by atoms with Crippen molar-refractivity contribution in [1.82, 2.24) is 0 Å². The third kappa shape index (κ3) is 4.27. The van der Waals surface area contributed by atoms with Crippen LogP contribution in [0.3, 0.4) is 0 Å². The van der Waals surface area contributed by atoms with Crippen molar-refractivity contribution < 1.29 is 10.1 Å². The number of benzene rings is 2. The number of nitrogens with two attached hydrogens (primary N) is 1. The van der Waals surface area contributed by atoms with Crippen molar-refractivity contribution in [2.45, 2.75) is 13.1 Å². The van der Waals surface area contributed by atoms with Crippen LogP contribution in [0.5, 0.6) is 5.75 Å². The molecule has 0 fully saturated rings. The van der Waals surface area contributed by atoms with Crippen LogP contribution < -0.4 is 10.1 Å². The Kier molecular flexibility index (Phi) is 5.20. The Balaban J connectivity index is 1.90. The zero-order chi connectivity index (χ0) is 13.3. The Bertz CT molecular complexity index is 508. The minimum Gasteiger partial charge on any atom is -0.489 e. The van der Waals surface area contributed by atoms with Crippen LogP contribution in [-0.2, 0) is 13.1 Å². The molecular formula is C17H20NO+. The van der Waals surface area contributed by atoms with E-state index in [0.29, 0.717) is 6.61 Å². The highest BCUT2D eigenvalue weighted by Crippen LogP contribution is 2.16. The van der Waals surface area contributed by atoms with E-state index in [-0.39, 0.29) is 0 Å². The van der Waals surface area contributed by atoms with Gasteiger partial charge >= 0.3 is 0 Å². The van der Waals surface area contributed by atoms with Crippen molar-refractivity contribution in [3.05, 3.63) is 78.4 Å². The van der Waals surface area contributed by atoms with Crippen LogP contribution in [0.1, 0.15) is 11.1 Å². The molecule has 0 amide bonds. The summed E-state index contributed by atoms with van der Waals surface area (Å²) in [5.74, 6) is 0.951. The molecule has 0 aliphatic carbocycles. The molecule has 0 spiro atoms. The average Bonchev–Trinajstić information content (AvgIpc) is 2.47. The van der Waals surface area contributed by atoms with Crippen molar-refractivity contribution in [3.8, 4) is 5.75 Å². The first-order chi connectivity index (χ1) is 9.40. The van der Waals surface area contributed by atoms with Crippen molar-refractivity contribution in [3.63, 3.8) is 0 Å². The van der Waals surface area contributed by atoms with E-state index in [1.807, 2.05) is 24.3 Å². The molecule has 2 N–H and O–H groups in total. The number of hydrogen-bond donors (Lipinski definition) is 1. The summed E-state index contributed by atoms with van der Waals surface area (Å²) < 4.78 is 5.65. The average molecular weight is 254 g/mol. The van der Waals surface area contributed by atoms with E-state index in [1.165, 1.54) is 11.1 Å². The van der Waals surface area contributed by atoms with Crippen molar-refractivity contribution >= 4 is 0 Å². The maximum absolute atomic E-state index is 5.65. The van der Waals surface area contributed by atoms with Crippen molar-refractivity contribution in [2.75, 3.05) is 6.61 Å². The first kappa shape index (κ1) is 13.4. The van der Waals surface area contributed by atoms with Crippen LogP contribution >= 0.6 is 0 Å². The number of rotatable bonds is 7. The number of quaternary nitrogens is 1. The molecule has 2 nitrogen and oxygen atoms in total. The van der Waals surface area contributed by atoms with Gasteiger partial charge in [-0.05, 0) is 12.1 Å². The van der Waals surface area contributed by atoms with E-state index < -0.39 is 0 Å². The topological polar surface area (TPSA) is 25.8 Å². The summed E-state index contributed by atoms with van der Waals surface area (Å²) in [4.78, 5) is 0. The molecule has 0 atom stereocenters. The number of hydrogen-bond acceptors (Lipinski definition) is 1. The van der Waals surface area contributed by atoms with E-state index in [1.54, 1.807) is 6.08 Å². The molecule has 0 radical (unpaired) electrons. The SMILES string of the molecule is C=CCOc1ccccc1C[NH2+]Cc1ccccc1. The predicted molar refractivity (Wildman–Crippen MR) is 77.9 cm³/mol. The Morgan fingerprint density at radius 1 is 0.947 bits per heavy atom. The second kappa shape index (κ2) is 7.39. The van der Waals surface area contributed by atoms with Gasteiger partial charge in [0.05, 0.1) is 0 Å². The summed E-state index contributed by atoms with van der Waals surface area (Å²) >= 11 is 0. The molecule has 98 valence electrons. The minimum atomic E-state index is 0.551. The normalized spacial score (nSPS) is 10.1. The lowest BCUT2D eigenvalue weighted by molar-refractivity contribution is -0.686. The van der Waals surface area contributed by atoms with Gasteiger partial charge in [0.25, 0.3) is 0 Å². The second-order valence-electron chi connectivity index (χ2n) is 4.39. The van der Waals surface area contributed by atoms with Gasteiger partial charge in [-0.2, -0.15) is 0 Å². The summed E-state index contributed by atoms with van der Waals surface area (Å²) in [6, 6.07) is 18.7. The standard InChI is InChI=1S/C17H19NO/c1-2-12-19-17-11-7-6-10-16(17)14-18-13-15-8-4-3-5-9-15/h2-11,18H,1,12-14H2/p+1. The maximum Gasteiger partial charge on any atom is 0.128 e. The largest absolute Gasteiger partial charge is 0.489 e. The Labute approximate surface area is 114 Å². The molecule has 2 aromatic carbocycles. The Hall–Kier alpha value is -2.06. The first-order valence-electron chi connectivity index (χ1n) is 6.57. The lowest BCUT2D eigenvalue weighted by Gasteiger charge is -2.09. The van der Waals surface area contributed by atoms with Gasteiger partial charge in [-0.3, -0.25) is 0 Å². The molecule has 19 heavy (non-hydrogen) atoms. The second-order valence-corrected chi connectivity index (χ2v) is 4.39. The minimum absolute atomic E-state index is 0.551. The van der Waals surface area contributed by atoms with E-state index in [2.05, 4.69) is 42.2 Å². The van der Waals surface area contributed by atoms with Crippen LogP contribution in [0.4, 0.5) is 0 Å². The van der Waals surface area contributed by atoms with Crippen molar-refractivity contribution in [1.29, 1.82) is 0 Å². The van der Waals surface area contributed by atoms with Crippen LogP contribution in [-0.4, -0.2) is 6.61 Å². The summed E-state index contributed by atoms with van der Waals surface area (Å²) in [7, 11) is 0. The summed E-state index contributed by atoms with van der Waals surface area (Å²) in [5.41, 5.74) is 2.56. The third-order valence-electron chi connectivity index (χ3n) is 2.92. The van der Waals surface area contributed by atoms with Gasteiger partial charge in [0.15, 0.2) is 0 Å². The molecule has 0 aliphatic heterocycles. The fourth-order valence-electron chi connectivity index (χ4n) is 1.97. The highest BCUT2D eigenvalue weighted by Gasteiger charge is 2.04. The fraction of sp³-hybridized carbons (Fsp3) is 0.176. The molecule has 0 heterocycles. The van der Waals surface area contributed by atoms with Gasteiger partial charge in [0.2, 0.25) is 0 Å². The van der Waals surface area contributed by atoms with Gasteiger partial charge in [0, 0.05) is 11.1 Å². The van der Waals surface area contributed by atoms with Gasteiger partial charge in [-0.15, -0.1) is 0 Å². The monoisotopic (exact) mass is 254 g/mol. The zero-order valence-electron chi connectivity index (χ0n) is 11.1. The molecule has 0 unspecified atom stereocenters. The van der Waals surface area contributed by atoms with E-state index in [9.17, 15) is 0 Å². The Morgan fingerprint density at radius 3 is 2.47 bits per heavy atom. The fourth-order valence-corrected chi connectivity index (χ4v) is 1.97. The Morgan fingerprint density at radius 2 is 1.68 bits per heavy atom. The first-order valence-corrected chi connectivity index (χ1v) is 6.57. The van der Waals surface area contributed by atoms with E-state index in [0.717, 1.165) is 18.8 Å². The molecule has 2 aromatic rings. The zero-order valence-corrected chi connectivity index (χ0v) is 11.1. The van der Waals surface area contributed by atoms with Crippen LogP contribution in [0.2, 0.25) is 0 Å². The molecule has 0 aromatic heterocycles. The lowest BCUT2D eigenvalue weighted by Crippen LogP contribution is -2.80. The lowest BCUT2D eigenvalue weighted by atomic mass is 10.2. The van der Waals surface area contributed by atoms with Gasteiger partial charge in [-0.25, -0.2) is 0 Å². The van der Waals surface area contributed by atoms with E-state index in [4.69, 9.17) is 4.74 Å². The smallest absolute Gasteiger partial charge is 0.128 e. The summed E-state index contributed by atoms with van der Waals surface area (Å²) in [6.45, 7) is 6.13. The van der Waals surface area contributed by atoms with Gasteiger partial charge in [-0.1, -0.05) is 55.1 Å². The molecule has 0 saturated carbocycles. The quantitative estimate of drug-likeness (QED) is 0.755. The van der Waals surface area contributed by atoms with Crippen molar-refractivity contribution in [2.24, 2.45) is 0 Å². The summed E-state index contributed by atoms with van der Waals surface area (Å²) in [6.07, 6.45) is 1.77. The third-order valence-corrected chi connectivity index (χ3v) is 2.92. The molecule has 0 aliphatic rings. The molecule has 2 rings (SSSR count). The van der Waals surface area contributed by atoms with Crippen LogP contribution in [0.25, 0.3) is 0 Å². The maximum atomic E-state index is 5.65. The molecule has 2 heteroatoms.